The molecule has 0 amide bonds. The number of fused-ring (bicyclic) bond motifs is 2. The minimum Gasteiger partial charge on any atom is -0.508 e. The van der Waals surface area contributed by atoms with Crippen molar-refractivity contribution in [3.8, 4) is 11.1 Å². The maximum absolute atomic E-state index is 12.8. The maximum atomic E-state index is 12.8. The van der Waals surface area contributed by atoms with Crippen LogP contribution in [0.25, 0.3) is 16.7 Å². The largest absolute Gasteiger partial charge is 0.508 e. The van der Waals surface area contributed by atoms with Crippen molar-refractivity contribution in [2.24, 2.45) is 0 Å². The highest BCUT2D eigenvalue weighted by Gasteiger charge is 2.47. The summed E-state index contributed by atoms with van der Waals surface area (Å²) in [7, 11) is 0. The first-order valence-corrected chi connectivity index (χ1v) is 8.43. The Hall–Kier alpha value is -2.65. The van der Waals surface area contributed by atoms with E-state index in [4.69, 9.17) is 4.74 Å². The Kier molecular flexibility index (Phi) is 3.44. The molecule has 1 N–H and O–H groups in total. The third kappa shape index (κ3) is 2.35. The second kappa shape index (κ2) is 5.43. The van der Waals surface area contributed by atoms with Gasteiger partial charge in [-0.25, -0.2) is 0 Å². The molecule has 2 atom stereocenters. The van der Waals surface area contributed by atoms with Gasteiger partial charge in [-0.2, -0.15) is 0 Å². The van der Waals surface area contributed by atoms with Gasteiger partial charge < -0.3 is 9.84 Å². The molecule has 2 bridgehead atoms. The third-order valence-corrected chi connectivity index (χ3v) is 5.06. The number of ether oxygens (including phenoxy) is 1. The Balaban J connectivity index is 1.89. The number of hydrogen-bond acceptors (Lipinski definition) is 3. The fraction of sp³-hybridized carbons (Fsp3) is 0.227. The zero-order chi connectivity index (χ0) is 17.8. The molecule has 0 aromatic heterocycles. The smallest absolute Gasteiger partial charge is 0.199 e. The Morgan fingerprint density at radius 2 is 1.68 bits per heavy atom. The molecule has 2 aliphatic heterocycles. The van der Waals surface area contributed by atoms with E-state index in [1.54, 1.807) is 19.1 Å². The average molecular weight is 332 g/mol. The molecule has 3 heteroatoms. The topological polar surface area (TPSA) is 46.5 Å². The van der Waals surface area contributed by atoms with Crippen molar-refractivity contribution >= 4 is 11.4 Å². The molecule has 25 heavy (non-hydrogen) atoms. The van der Waals surface area contributed by atoms with Gasteiger partial charge in [-0.15, -0.1) is 0 Å². The standard InChI is InChI=1S/C22H20O3/c1-13-11-16(15-7-5-4-6-8-15)12-14(2)18(13)19-20(23)17-9-10-22(3,25-17)21(19)24/h4-12,17,24H,1-3H3/t17-,22+/m0/s1. The lowest BCUT2D eigenvalue weighted by atomic mass is 9.85. The predicted octanol–water partition coefficient (Wildman–Crippen LogP) is 4.54. The number of carbonyl (C=O) groups is 1. The van der Waals surface area contributed by atoms with E-state index in [0.29, 0.717) is 5.57 Å². The van der Waals surface area contributed by atoms with Crippen LogP contribution in [0.4, 0.5) is 0 Å². The van der Waals surface area contributed by atoms with E-state index in [0.717, 1.165) is 27.8 Å². The molecule has 0 saturated heterocycles. The highest BCUT2D eigenvalue weighted by molar-refractivity contribution is 6.26. The lowest BCUT2D eigenvalue weighted by Gasteiger charge is -2.31. The van der Waals surface area contributed by atoms with Crippen LogP contribution in [0.1, 0.15) is 23.6 Å². The first-order chi connectivity index (χ1) is 11.9. The highest BCUT2D eigenvalue weighted by Crippen LogP contribution is 2.42. The summed E-state index contributed by atoms with van der Waals surface area (Å²) in [4.78, 5) is 12.8. The normalized spacial score (nSPS) is 24.9. The Labute approximate surface area is 147 Å². The number of aryl methyl sites for hydroxylation is 2. The Bertz CT molecular complexity index is 914. The minimum atomic E-state index is -0.912. The molecular formula is C22H20O3. The van der Waals surface area contributed by atoms with Gasteiger partial charge in [-0.1, -0.05) is 42.5 Å². The van der Waals surface area contributed by atoms with Crippen LogP contribution in [0.5, 0.6) is 0 Å². The molecule has 0 saturated carbocycles. The number of aliphatic hydroxyl groups excluding tert-OH is 1. The van der Waals surface area contributed by atoms with Crippen molar-refractivity contribution in [3.05, 3.63) is 77.1 Å². The Morgan fingerprint density at radius 1 is 1.04 bits per heavy atom. The van der Waals surface area contributed by atoms with Gasteiger partial charge in [0.05, 0.1) is 5.57 Å². The van der Waals surface area contributed by atoms with Crippen LogP contribution in [0.2, 0.25) is 0 Å². The first-order valence-electron chi connectivity index (χ1n) is 8.43. The van der Waals surface area contributed by atoms with Gasteiger partial charge in [-0.3, -0.25) is 4.79 Å². The van der Waals surface area contributed by atoms with E-state index in [2.05, 4.69) is 24.3 Å². The number of hydrogen-bond donors (Lipinski definition) is 1. The molecule has 2 aliphatic rings. The molecule has 2 aromatic rings. The zero-order valence-corrected chi connectivity index (χ0v) is 14.5. The van der Waals surface area contributed by atoms with E-state index in [1.807, 2.05) is 32.0 Å². The van der Waals surface area contributed by atoms with Gasteiger partial charge in [0.2, 0.25) is 0 Å². The van der Waals surface area contributed by atoms with Crippen molar-refractivity contribution in [2.75, 3.05) is 0 Å². The van der Waals surface area contributed by atoms with Crippen LogP contribution >= 0.6 is 0 Å². The van der Waals surface area contributed by atoms with Gasteiger partial charge in [-0.05, 0) is 60.7 Å². The quantitative estimate of drug-likeness (QED) is 0.822. The summed E-state index contributed by atoms with van der Waals surface area (Å²) < 4.78 is 5.67. The fourth-order valence-electron chi connectivity index (χ4n) is 3.79. The molecule has 4 rings (SSSR count). The van der Waals surface area contributed by atoms with Crippen LogP contribution in [0.15, 0.2) is 60.4 Å². The average Bonchev–Trinajstić information content (AvgIpc) is 2.97. The number of ketones is 1. The second-order valence-corrected chi connectivity index (χ2v) is 6.94. The maximum Gasteiger partial charge on any atom is 0.199 e. The van der Waals surface area contributed by atoms with Crippen molar-refractivity contribution in [1.82, 2.24) is 0 Å². The van der Waals surface area contributed by atoms with E-state index in [1.165, 1.54) is 0 Å². The molecule has 0 spiro atoms. The predicted molar refractivity (Wildman–Crippen MR) is 98.3 cm³/mol. The number of rotatable bonds is 2. The first kappa shape index (κ1) is 15.9. The van der Waals surface area contributed by atoms with E-state index in [-0.39, 0.29) is 11.5 Å². The molecule has 0 unspecified atom stereocenters. The SMILES string of the molecule is Cc1cc(-c2ccccc2)cc(C)c1C1=C(O)[C@@]2(C)C=C[C@H](O2)C1=O. The second-order valence-electron chi connectivity index (χ2n) is 6.94. The molecule has 2 aromatic carbocycles. The molecule has 0 radical (unpaired) electrons. The van der Waals surface area contributed by atoms with Gasteiger partial charge in [0, 0.05) is 0 Å². The monoisotopic (exact) mass is 332 g/mol. The van der Waals surface area contributed by atoms with E-state index in [9.17, 15) is 9.90 Å². The summed E-state index contributed by atoms with van der Waals surface area (Å²) in [6.07, 6.45) is 2.89. The Morgan fingerprint density at radius 3 is 2.32 bits per heavy atom. The lowest BCUT2D eigenvalue weighted by molar-refractivity contribution is -0.128. The number of carbonyl (C=O) groups excluding carboxylic acids is 1. The van der Waals surface area contributed by atoms with Crippen LogP contribution in [0.3, 0.4) is 0 Å². The summed E-state index contributed by atoms with van der Waals surface area (Å²) >= 11 is 0. The van der Waals surface area contributed by atoms with Crippen molar-refractivity contribution in [3.63, 3.8) is 0 Å². The van der Waals surface area contributed by atoms with Gasteiger partial charge in [0.25, 0.3) is 0 Å². The number of Topliss-reactive ketones (excluding diaryl/α,β-unsaturated/α-hetero) is 1. The van der Waals surface area contributed by atoms with E-state index < -0.39 is 11.7 Å². The summed E-state index contributed by atoms with van der Waals surface area (Å²) in [5, 5.41) is 10.8. The third-order valence-electron chi connectivity index (χ3n) is 5.06. The summed E-state index contributed by atoms with van der Waals surface area (Å²) in [5.74, 6) is -0.177. The molecule has 0 fully saturated rings. The molecule has 0 aliphatic carbocycles. The number of benzene rings is 2. The molecule has 2 heterocycles. The van der Waals surface area contributed by atoms with Crippen LogP contribution in [-0.2, 0) is 9.53 Å². The lowest BCUT2D eigenvalue weighted by Crippen LogP contribution is -2.38. The summed E-state index contributed by atoms with van der Waals surface area (Å²) in [6, 6.07) is 14.3. The van der Waals surface area contributed by atoms with Gasteiger partial charge in [0.1, 0.15) is 17.5 Å². The van der Waals surface area contributed by atoms with Gasteiger partial charge in [0.15, 0.2) is 5.78 Å². The molecular weight excluding hydrogens is 312 g/mol. The van der Waals surface area contributed by atoms with Crippen LogP contribution in [-0.4, -0.2) is 22.6 Å². The van der Waals surface area contributed by atoms with Gasteiger partial charge >= 0.3 is 0 Å². The zero-order valence-electron chi connectivity index (χ0n) is 14.5. The molecule has 126 valence electrons. The molecule has 3 nitrogen and oxygen atoms in total. The van der Waals surface area contributed by atoms with Crippen LogP contribution < -0.4 is 0 Å². The van der Waals surface area contributed by atoms with Crippen molar-refractivity contribution in [1.29, 1.82) is 0 Å². The van der Waals surface area contributed by atoms with E-state index >= 15 is 0 Å². The fourth-order valence-corrected chi connectivity index (χ4v) is 3.79. The minimum absolute atomic E-state index is 0.00108. The summed E-state index contributed by atoms with van der Waals surface area (Å²) in [5.41, 5.74) is 4.46. The van der Waals surface area contributed by atoms with Crippen molar-refractivity contribution in [2.45, 2.75) is 32.5 Å². The van der Waals surface area contributed by atoms with Crippen LogP contribution in [0, 0.1) is 13.8 Å². The highest BCUT2D eigenvalue weighted by atomic mass is 16.5. The van der Waals surface area contributed by atoms with Crippen molar-refractivity contribution < 1.29 is 14.6 Å². The number of aliphatic hydroxyl groups is 1. The summed E-state index contributed by atoms with van der Waals surface area (Å²) in [6.45, 7) is 5.75.